The van der Waals surface area contributed by atoms with Crippen molar-refractivity contribution in [3.63, 3.8) is 0 Å². The molecule has 1 aromatic heterocycles. The molecular formula is C19H25ClN4. The predicted molar refractivity (Wildman–Crippen MR) is 101 cm³/mol. The number of benzene rings is 1. The maximum atomic E-state index is 5.96. The first kappa shape index (κ1) is 17.2. The van der Waals surface area contributed by atoms with E-state index in [2.05, 4.69) is 47.3 Å². The summed E-state index contributed by atoms with van der Waals surface area (Å²) in [4.78, 5) is 2.52. The molecule has 2 aromatic rings. The van der Waals surface area contributed by atoms with Crippen molar-refractivity contribution in [2.45, 2.75) is 45.7 Å². The monoisotopic (exact) mass is 344 g/mol. The summed E-state index contributed by atoms with van der Waals surface area (Å²) in [7, 11) is 0. The fourth-order valence-corrected chi connectivity index (χ4v) is 3.38. The molecule has 1 aromatic carbocycles. The Labute approximate surface area is 149 Å². The lowest BCUT2D eigenvalue weighted by molar-refractivity contribution is 0.174. The Balaban J connectivity index is 1.71. The normalized spacial score (nSPS) is 18.8. The topological polar surface area (TPSA) is 41.0 Å². The second kappa shape index (κ2) is 7.49. The quantitative estimate of drug-likeness (QED) is 0.893. The first-order chi connectivity index (χ1) is 11.5. The van der Waals surface area contributed by atoms with Gasteiger partial charge in [0.2, 0.25) is 0 Å². The average Bonchev–Trinajstić information content (AvgIpc) is 2.56. The second-order valence-electron chi connectivity index (χ2n) is 6.84. The number of nitrogens with zero attached hydrogens (tertiary/aromatic N) is 3. The first-order valence-corrected chi connectivity index (χ1v) is 9.01. The molecule has 1 aliphatic rings. The van der Waals surface area contributed by atoms with Crippen molar-refractivity contribution in [3.8, 4) is 11.3 Å². The lowest BCUT2D eigenvalue weighted by Crippen LogP contribution is -2.45. The molecule has 1 atom stereocenters. The smallest absolute Gasteiger partial charge is 0.149 e. The molecule has 5 heteroatoms. The second-order valence-corrected chi connectivity index (χ2v) is 7.28. The van der Waals surface area contributed by atoms with Gasteiger partial charge in [0.15, 0.2) is 0 Å². The third-order valence-electron chi connectivity index (χ3n) is 4.64. The Morgan fingerprint density at radius 2 is 1.96 bits per heavy atom. The van der Waals surface area contributed by atoms with Crippen molar-refractivity contribution in [2.75, 3.05) is 18.4 Å². The van der Waals surface area contributed by atoms with Crippen LogP contribution in [0, 0.1) is 6.92 Å². The van der Waals surface area contributed by atoms with Crippen molar-refractivity contribution in [3.05, 3.63) is 40.9 Å². The zero-order valence-corrected chi connectivity index (χ0v) is 15.3. The molecule has 1 aliphatic heterocycles. The van der Waals surface area contributed by atoms with Crippen molar-refractivity contribution < 1.29 is 0 Å². The summed E-state index contributed by atoms with van der Waals surface area (Å²) in [5.41, 5.74) is 3.07. The van der Waals surface area contributed by atoms with E-state index in [0.29, 0.717) is 12.1 Å². The largest absolute Gasteiger partial charge is 0.365 e. The van der Waals surface area contributed by atoms with Crippen LogP contribution in [0.15, 0.2) is 30.3 Å². The molecule has 0 bridgehead atoms. The molecule has 0 unspecified atom stereocenters. The highest BCUT2D eigenvalue weighted by atomic mass is 35.5. The Morgan fingerprint density at radius 3 is 2.62 bits per heavy atom. The molecule has 0 aliphatic carbocycles. The average molecular weight is 345 g/mol. The molecule has 0 spiro atoms. The van der Waals surface area contributed by atoms with Gasteiger partial charge >= 0.3 is 0 Å². The van der Waals surface area contributed by atoms with E-state index in [0.717, 1.165) is 34.2 Å². The minimum absolute atomic E-state index is 0.441. The highest BCUT2D eigenvalue weighted by molar-refractivity contribution is 6.30. The van der Waals surface area contributed by atoms with Gasteiger partial charge in [-0.05, 0) is 63.9 Å². The number of hydrogen-bond acceptors (Lipinski definition) is 4. The number of nitrogens with one attached hydrogen (secondary N) is 1. The fourth-order valence-electron chi connectivity index (χ4n) is 3.25. The summed E-state index contributed by atoms with van der Waals surface area (Å²) in [6.45, 7) is 8.85. The summed E-state index contributed by atoms with van der Waals surface area (Å²) in [5.74, 6) is 0.862. The molecular weight excluding hydrogens is 320 g/mol. The van der Waals surface area contributed by atoms with Gasteiger partial charge in [-0.1, -0.05) is 23.7 Å². The number of hydrogen-bond donors (Lipinski definition) is 1. The van der Waals surface area contributed by atoms with Crippen molar-refractivity contribution >= 4 is 17.4 Å². The van der Waals surface area contributed by atoms with Crippen LogP contribution >= 0.6 is 11.6 Å². The molecule has 24 heavy (non-hydrogen) atoms. The van der Waals surface area contributed by atoms with Crippen LogP contribution in [-0.4, -0.2) is 40.3 Å². The van der Waals surface area contributed by atoms with Crippen LogP contribution in [-0.2, 0) is 0 Å². The van der Waals surface area contributed by atoms with Gasteiger partial charge in [0.25, 0.3) is 0 Å². The van der Waals surface area contributed by atoms with Crippen LogP contribution in [0.3, 0.4) is 0 Å². The van der Waals surface area contributed by atoms with E-state index in [1.807, 2.05) is 24.3 Å². The molecule has 0 radical (unpaired) electrons. The Bertz CT molecular complexity index is 684. The fraction of sp³-hybridized carbons (Fsp3) is 0.474. The number of halogens is 1. The molecule has 4 nitrogen and oxygen atoms in total. The van der Waals surface area contributed by atoms with Gasteiger partial charge < -0.3 is 5.32 Å². The van der Waals surface area contributed by atoms with Gasteiger partial charge in [-0.2, -0.15) is 0 Å². The summed E-state index contributed by atoms with van der Waals surface area (Å²) in [5, 5.41) is 13.1. The number of aromatic nitrogens is 2. The third-order valence-corrected chi connectivity index (χ3v) is 4.89. The van der Waals surface area contributed by atoms with Gasteiger partial charge in [0.05, 0.1) is 5.69 Å². The highest BCUT2D eigenvalue weighted by Gasteiger charge is 2.22. The molecule has 2 heterocycles. The minimum atomic E-state index is 0.441. The minimum Gasteiger partial charge on any atom is -0.365 e. The van der Waals surface area contributed by atoms with Gasteiger partial charge in [-0.3, -0.25) is 4.90 Å². The lowest BCUT2D eigenvalue weighted by Gasteiger charge is -2.35. The zero-order chi connectivity index (χ0) is 17.1. The molecule has 1 saturated heterocycles. The zero-order valence-electron chi connectivity index (χ0n) is 14.6. The van der Waals surface area contributed by atoms with E-state index in [1.54, 1.807) is 0 Å². The Kier molecular flexibility index (Phi) is 5.36. The van der Waals surface area contributed by atoms with Crippen molar-refractivity contribution in [1.29, 1.82) is 0 Å². The van der Waals surface area contributed by atoms with E-state index in [1.165, 1.54) is 19.4 Å². The van der Waals surface area contributed by atoms with Crippen molar-refractivity contribution in [2.24, 2.45) is 0 Å². The molecule has 128 valence electrons. The summed E-state index contributed by atoms with van der Waals surface area (Å²) >= 11 is 5.96. The van der Waals surface area contributed by atoms with E-state index in [-0.39, 0.29) is 0 Å². The Morgan fingerprint density at radius 1 is 1.21 bits per heavy atom. The Hall–Kier alpha value is -1.65. The SMILES string of the molecule is Cc1cc(N[C@@H]2CCCN(C(C)C)C2)nnc1-c1ccc(Cl)cc1. The number of anilines is 1. The van der Waals surface area contributed by atoms with E-state index in [4.69, 9.17) is 11.6 Å². The first-order valence-electron chi connectivity index (χ1n) is 8.64. The molecule has 0 amide bonds. The third kappa shape index (κ3) is 4.05. The lowest BCUT2D eigenvalue weighted by atomic mass is 10.0. The number of aryl methyl sites for hydroxylation is 1. The van der Waals surface area contributed by atoms with E-state index in [9.17, 15) is 0 Å². The molecule has 0 saturated carbocycles. The predicted octanol–water partition coefficient (Wildman–Crippen LogP) is 4.39. The van der Waals surface area contributed by atoms with Gasteiger partial charge in [0, 0.05) is 29.2 Å². The van der Waals surface area contributed by atoms with Crippen LogP contribution < -0.4 is 5.32 Å². The van der Waals surface area contributed by atoms with E-state index >= 15 is 0 Å². The highest BCUT2D eigenvalue weighted by Crippen LogP contribution is 2.24. The van der Waals surface area contributed by atoms with Crippen molar-refractivity contribution in [1.82, 2.24) is 15.1 Å². The van der Waals surface area contributed by atoms with Crippen LogP contribution in [0.2, 0.25) is 5.02 Å². The van der Waals surface area contributed by atoms with E-state index < -0.39 is 0 Å². The van der Waals surface area contributed by atoms with Crippen LogP contribution in [0.5, 0.6) is 0 Å². The summed E-state index contributed by atoms with van der Waals surface area (Å²) in [6, 6.07) is 10.8. The molecule has 3 rings (SSSR count). The van der Waals surface area contributed by atoms with Crippen LogP contribution in [0.25, 0.3) is 11.3 Å². The molecule has 1 N–H and O–H groups in total. The number of piperidine rings is 1. The van der Waals surface area contributed by atoms with Crippen LogP contribution in [0.4, 0.5) is 5.82 Å². The summed E-state index contributed by atoms with van der Waals surface area (Å²) in [6.07, 6.45) is 2.41. The van der Waals surface area contributed by atoms with Gasteiger partial charge in [-0.25, -0.2) is 0 Å². The summed E-state index contributed by atoms with van der Waals surface area (Å²) < 4.78 is 0. The number of likely N-dealkylation sites (tertiary alicyclic amines) is 1. The van der Waals surface area contributed by atoms with Crippen LogP contribution in [0.1, 0.15) is 32.3 Å². The number of rotatable bonds is 4. The standard InChI is InChI=1S/C19H25ClN4/c1-13(2)24-10-4-5-17(12-24)21-18-11-14(3)19(23-22-18)15-6-8-16(20)9-7-15/h6-9,11,13,17H,4-5,10,12H2,1-3H3,(H,21,22)/t17-/m1/s1. The van der Waals surface area contributed by atoms with Gasteiger partial charge in [0.1, 0.15) is 5.82 Å². The maximum absolute atomic E-state index is 5.96. The van der Waals surface area contributed by atoms with Gasteiger partial charge in [-0.15, -0.1) is 10.2 Å². The molecule has 1 fully saturated rings. The maximum Gasteiger partial charge on any atom is 0.149 e.